The first-order valence-corrected chi connectivity index (χ1v) is 9.47. The minimum absolute atomic E-state index is 0.0403. The SMILES string of the molecule is CN1CCO[C@H](CNC(=O)N(CCc2ccccc2)Cc2ccccn2)C1. The third-order valence-corrected chi connectivity index (χ3v) is 4.70. The molecule has 6 heteroatoms. The number of amides is 2. The smallest absolute Gasteiger partial charge is 0.317 e. The Morgan fingerprint density at radius 1 is 1.26 bits per heavy atom. The molecule has 0 unspecified atom stereocenters. The minimum Gasteiger partial charge on any atom is -0.374 e. The number of nitrogens with one attached hydrogen (secondary N) is 1. The molecular formula is C21H28N4O2. The molecule has 3 rings (SSSR count). The van der Waals surface area contributed by atoms with E-state index in [4.69, 9.17) is 4.74 Å². The molecule has 144 valence electrons. The van der Waals surface area contributed by atoms with E-state index in [9.17, 15) is 4.79 Å². The number of nitrogens with zero attached hydrogens (tertiary/aromatic N) is 3. The third-order valence-electron chi connectivity index (χ3n) is 4.70. The van der Waals surface area contributed by atoms with Crippen LogP contribution in [0.15, 0.2) is 54.7 Å². The van der Waals surface area contributed by atoms with Gasteiger partial charge in [-0.15, -0.1) is 0 Å². The fraction of sp³-hybridized carbons (Fsp3) is 0.429. The summed E-state index contributed by atoms with van der Waals surface area (Å²) in [6.07, 6.45) is 2.61. The van der Waals surface area contributed by atoms with Gasteiger partial charge in [-0.2, -0.15) is 0 Å². The van der Waals surface area contributed by atoms with Crippen molar-refractivity contribution in [1.29, 1.82) is 0 Å². The van der Waals surface area contributed by atoms with Crippen molar-refractivity contribution in [2.24, 2.45) is 0 Å². The highest BCUT2D eigenvalue weighted by Crippen LogP contribution is 2.07. The van der Waals surface area contributed by atoms with Crippen LogP contribution in [0.1, 0.15) is 11.3 Å². The highest BCUT2D eigenvalue weighted by atomic mass is 16.5. The number of aromatic nitrogens is 1. The molecule has 6 nitrogen and oxygen atoms in total. The van der Waals surface area contributed by atoms with Crippen molar-refractivity contribution in [2.75, 3.05) is 39.8 Å². The Morgan fingerprint density at radius 3 is 2.81 bits per heavy atom. The molecule has 1 aromatic heterocycles. The molecule has 0 aliphatic carbocycles. The van der Waals surface area contributed by atoms with E-state index >= 15 is 0 Å². The van der Waals surface area contributed by atoms with Crippen molar-refractivity contribution >= 4 is 6.03 Å². The van der Waals surface area contributed by atoms with Crippen molar-refractivity contribution in [3.63, 3.8) is 0 Å². The molecule has 2 amide bonds. The van der Waals surface area contributed by atoms with Crippen LogP contribution in [0.5, 0.6) is 0 Å². The lowest BCUT2D eigenvalue weighted by molar-refractivity contribution is -0.0172. The third kappa shape index (κ3) is 6.34. The monoisotopic (exact) mass is 368 g/mol. The number of carbonyl (C=O) groups excluding carboxylic acids is 1. The lowest BCUT2D eigenvalue weighted by Gasteiger charge is -2.31. The van der Waals surface area contributed by atoms with Crippen LogP contribution in [-0.4, -0.2) is 66.8 Å². The molecule has 0 radical (unpaired) electrons. The van der Waals surface area contributed by atoms with Crippen molar-refractivity contribution < 1.29 is 9.53 Å². The molecule has 1 aliphatic heterocycles. The van der Waals surface area contributed by atoms with Gasteiger partial charge in [0, 0.05) is 32.4 Å². The summed E-state index contributed by atoms with van der Waals surface area (Å²) in [5.41, 5.74) is 2.10. The van der Waals surface area contributed by atoms with Gasteiger partial charge in [-0.3, -0.25) is 4.98 Å². The molecule has 1 atom stereocenters. The summed E-state index contributed by atoms with van der Waals surface area (Å²) in [5, 5.41) is 3.04. The molecule has 1 fully saturated rings. The van der Waals surface area contributed by atoms with Crippen LogP contribution < -0.4 is 5.32 Å². The highest BCUT2D eigenvalue weighted by molar-refractivity contribution is 5.74. The van der Waals surface area contributed by atoms with E-state index in [0.29, 0.717) is 26.2 Å². The summed E-state index contributed by atoms with van der Waals surface area (Å²) in [6.45, 7) is 4.14. The minimum atomic E-state index is -0.0755. The summed E-state index contributed by atoms with van der Waals surface area (Å²) in [6, 6.07) is 15.9. The lowest BCUT2D eigenvalue weighted by atomic mass is 10.1. The zero-order valence-electron chi connectivity index (χ0n) is 15.9. The van der Waals surface area contributed by atoms with E-state index in [1.807, 2.05) is 41.3 Å². The van der Waals surface area contributed by atoms with Crippen LogP contribution in [0.3, 0.4) is 0 Å². The average Bonchev–Trinajstić information content (AvgIpc) is 2.71. The molecule has 0 saturated carbocycles. The molecular weight excluding hydrogens is 340 g/mol. The maximum Gasteiger partial charge on any atom is 0.317 e. The number of hydrogen-bond donors (Lipinski definition) is 1. The first-order valence-electron chi connectivity index (χ1n) is 9.47. The van der Waals surface area contributed by atoms with Gasteiger partial charge in [-0.05, 0) is 31.2 Å². The Kier molecular flexibility index (Phi) is 7.19. The van der Waals surface area contributed by atoms with Crippen LogP contribution in [0.4, 0.5) is 4.79 Å². The van der Waals surface area contributed by atoms with E-state index in [1.165, 1.54) is 5.56 Å². The van der Waals surface area contributed by atoms with Gasteiger partial charge in [0.25, 0.3) is 0 Å². The fourth-order valence-electron chi connectivity index (χ4n) is 3.15. The number of pyridine rings is 1. The fourth-order valence-corrected chi connectivity index (χ4v) is 3.15. The maximum atomic E-state index is 12.8. The molecule has 0 spiro atoms. The Bertz CT molecular complexity index is 696. The van der Waals surface area contributed by atoms with Crippen LogP contribution in [0, 0.1) is 0 Å². The second kappa shape index (κ2) is 10.0. The summed E-state index contributed by atoms with van der Waals surface area (Å²) in [4.78, 5) is 21.2. The quantitative estimate of drug-likeness (QED) is 0.814. The van der Waals surface area contributed by atoms with Crippen molar-refractivity contribution in [1.82, 2.24) is 20.1 Å². The van der Waals surface area contributed by atoms with Crippen molar-refractivity contribution in [3.8, 4) is 0 Å². The van der Waals surface area contributed by atoms with E-state index in [2.05, 4.69) is 34.4 Å². The van der Waals surface area contributed by atoms with E-state index < -0.39 is 0 Å². The molecule has 27 heavy (non-hydrogen) atoms. The second-order valence-corrected chi connectivity index (χ2v) is 6.92. The Hall–Kier alpha value is -2.44. The van der Waals surface area contributed by atoms with Crippen LogP contribution >= 0.6 is 0 Å². The summed E-state index contributed by atoms with van der Waals surface area (Å²) in [5.74, 6) is 0. The molecule has 1 aromatic carbocycles. The van der Waals surface area contributed by atoms with Gasteiger partial charge < -0.3 is 19.9 Å². The van der Waals surface area contributed by atoms with Crippen molar-refractivity contribution in [3.05, 3.63) is 66.0 Å². The van der Waals surface area contributed by atoms with Gasteiger partial charge in [-0.25, -0.2) is 4.79 Å². The largest absolute Gasteiger partial charge is 0.374 e. The van der Waals surface area contributed by atoms with E-state index in [-0.39, 0.29) is 12.1 Å². The normalized spacial score (nSPS) is 17.4. The standard InChI is InChI=1S/C21H28N4O2/c1-24-13-14-27-20(17-24)15-23-21(26)25(16-19-9-5-6-11-22-19)12-10-18-7-3-2-4-8-18/h2-9,11,20H,10,12-17H2,1H3,(H,23,26)/t20-/m1/s1. The number of rotatable bonds is 7. The predicted molar refractivity (Wildman–Crippen MR) is 105 cm³/mol. The van der Waals surface area contributed by atoms with Crippen LogP contribution in [-0.2, 0) is 17.7 Å². The maximum absolute atomic E-state index is 12.8. The Balaban J connectivity index is 1.58. The van der Waals surface area contributed by atoms with Gasteiger partial charge in [-0.1, -0.05) is 36.4 Å². The first-order chi connectivity index (χ1) is 13.2. The Morgan fingerprint density at radius 2 is 2.07 bits per heavy atom. The lowest BCUT2D eigenvalue weighted by Crippen LogP contribution is -2.49. The summed E-state index contributed by atoms with van der Waals surface area (Å²) in [7, 11) is 2.07. The second-order valence-electron chi connectivity index (χ2n) is 6.92. The topological polar surface area (TPSA) is 57.7 Å². The number of ether oxygens (including phenoxy) is 1. The number of likely N-dealkylation sites (N-methyl/N-ethyl adjacent to an activating group) is 1. The molecule has 1 saturated heterocycles. The van der Waals surface area contributed by atoms with Crippen LogP contribution in [0.25, 0.3) is 0 Å². The first kappa shape index (κ1) is 19.3. The van der Waals surface area contributed by atoms with Gasteiger partial charge in [0.2, 0.25) is 0 Å². The summed E-state index contributed by atoms with van der Waals surface area (Å²) < 4.78 is 5.74. The van der Waals surface area contributed by atoms with Crippen molar-refractivity contribution in [2.45, 2.75) is 19.1 Å². The van der Waals surface area contributed by atoms with E-state index in [0.717, 1.165) is 25.2 Å². The number of hydrogen-bond acceptors (Lipinski definition) is 4. The molecule has 1 aliphatic rings. The van der Waals surface area contributed by atoms with Crippen LogP contribution in [0.2, 0.25) is 0 Å². The number of carbonyl (C=O) groups is 1. The van der Waals surface area contributed by atoms with Gasteiger partial charge in [0.15, 0.2) is 0 Å². The highest BCUT2D eigenvalue weighted by Gasteiger charge is 2.20. The van der Waals surface area contributed by atoms with E-state index in [1.54, 1.807) is 6.20 Å². The van der Waals surface area contributed by atoms with Gasteiger partial charge in [0.05, 0.1) is 24.9 Å². The van der Waals surface area contributed by atoms with Gasteiger partial charge in [0.1, 0.15) is 0 Å². The molecule has 0 bridgehead atoms. The summed E-state index contributed by atoms with van der Waals surface area (Å²) >= 11 is 0. The van der Waals surface area contributed by atoms with Gasteiger partial charge >= 0.3 is 6.03 Å². The predicted octanol–water partition coefficient (Wildman–Crippen LogP) is 2.17. The molecule has 2 aromatic rings. The zero-order chi connectivity index (χ0) is 18.9. The molecule has 2 heterocycles. The zero-order valence-corrected chi connectivity index (χ0v) is 15.9. The molecule has 1 N–H and O–H groups in total. The number of urea groups is 1. The average molecular weight is 368 g/mol. The Labute approximate surface area is 161 Å². The number of benzene rings is 1. The number of morpholine rings is 1.